The molecule has 6 heteroatoms. The number of hydrazone groups is 1. The average molecular weight is 376 g/mol. The van der Waals surface area contributed by atoms with Gasteiger partial charge in [0.2, 0.25) is 0 Å². The lowest BCUT2D eigenvalue weighted by atomic mass is 10.1. The summed E-state index contributed by atoms with van der Waals surface area (Å²) in [5.74, 6) is -0.442. The molecule has 0 spiro atoms. The van der Waals surface area contributed by atoms with Gasteiger partial charge >= 0.3 is 0 Å². The van der Waals surface area contributed by atoms with Gasteiger partial charge in [0.1, 0.15) is 0 Å². The van der Waals surface area contributed by atoms with Crippen molar-refractivity contribution in [2.24, 2.45) is 5.10 Å². The topological polar surface area (TPSA) is 76.3 Å². The summed E-state index contributed by atoms with van der Waals surface area (Å²) < 4.78 is 1.37. The summed E-state index contributed by atoms with van der Waals surface area (Å²) in [6.45, 7) is 4.62. The van der Waals surface area contributed by atoms with E-state index in [1.165, 1.54) is 10.2 Å². The van der Waals surface area contributed by atoms with Gasteiger partial charge in [-0.15, -0.1) is 0 Å². The summed E-state index contributed by atoms with van der Waals surface area (Å²) in [5, 5.41) is 9.36. The van der Waals surface area contributed by atoms with Crippen molar-refractivity contribution in [3.05, 3.63) is 75.7 Å². The second kappa shape index (κ2) is 9.08. The zero-order chi connectivity index (χ0) is 19.9. The van der Waals surface area contributed by atoms with Crippen LogP contribution < -0.4 is 11.0 Å². The van der Waals surface area contributed by atoms with Crippen LogP contribution in [0.25, 0.3) is 10.8 Å². The van der Waals surface area contributed by atoms with E-state index < -0.39 is 5.91 Å². The monoisotopic (exact) mass is 376 g/mol. The van der Waals surface area contributed by atoms with Crippen LogP contribution in [0.4, 0.5) is 0 Å². The summed E-state index contributed by atoms with van der Waals surface area (Å²) in [6, 6.07) is 15.0. The van der Waals surface area contributed by atoms with E-state index in [0.717, 1.165) is 24.8 Å². The number of aryl methyl sites for hydroxylation is 2. The van der Waals surface area contributed by atoms with E-state index in [2.05, 4.69) is 22.5 Å². The van der Waals surface area contributed by atoms with Gasteiger partial charge in [-0.1, -0.05) is 62.7 Å². The molecule has 0 radical (unpaired) electrons. The zero-order valence-corrected chi connectivity index (χ0v) is 16.2. The number of hydrogen-bond donors (Lipinski definition) is 1. The lowest BCUT2D eigenvalue weighted by Crippen LogP contribution is -2.29. The Morgan fingerprint density at radius 3 is 2.50 bits per heavy atom. The van der Waals surface area contributed by atoms with Gasteiger partial charge < -0.3 is 0 Å². The van der Waals surface area contributed by atoms with Crippen molar-refractivity contribution < 1.29 is 4.79 Å². The number of carbonyl (C=O) groups is 1. The fourth-order valence-corrected chi connectivity index (χ4v) is 2.92. The largest absolute Gasteiger partial charge is 0.292 e. The van der Waals surface area contributed by atoms with Crippen LogP contribution in [-0.4, -0.2) is 21.9 Å². The molecule has 2 aromatic carbocycles. The minimum Gasteiger partial charge on any atom is -0.267 e. The van der Waals surface area contributed by atoms with Crippen LogP contribution in [0, 0.1) is 0 Å². The number of unbranched alkanes of at least 4 members (excludes halogenated alkanes) is 1. The quantitative estimate of drug-likeness (QED) is 0.506. The Hall–Kier alpha value is -3.28. The molecule has 0 aliphatic carbocycles. The second-order valence-electron chi connectivity index (χ2n) is 6.57. The first-order valence-corrected chi connectivity index (χ1v) is 9.56. The Balaban J connectivity index is 1.86. The molecule has 0 atom stereocenters. The first-order valence-electron chi connectivity index (χ1n) is 9.56. The molecule has 1 aromatic heterocycles. The fourth-order valence-electron chi connectivity index (χ4n) is 2.92. The third kappa shape index (κ3) is 4.34. The van der Waals surface area contributed by atoms with Crippen LogP contribution in [0.2, 0.25) is 0 Å². The smallest absolute Gasteiger partial charge is 0.267 e. The van der Waals surface area contributed by atoms with Gasteiger partial charge in [-0.3, -0.25) is 9.59 Å². The fraction of sp³-hybridized carbons (Fsp3) is 0.273. The molecular weight excluding hydrogens is 352 g/mol. The Morgan fingerprint density at radius 2 is 1.82 bits per heavy atom. The number of fused-ring (bicyclic) bond motifs is 1. The highest BCUT2D eigenvalue weighted by atomic mass is 16.2. The van der Waals surface area contributed by atoms with Gasteiger partial charge in [-0.25, -0.2) is 10.1 Å². The maximum absolute atomic E-state index is 12.7. The van der Waals surface area contributed by atoms with E-state index in [9.17, 15) is 9.59 Å². The molecule has 0 saturated carbocycles. The van der Waals surface area contributed by atoms with Crippen LogP contribution in [0.5, 0.6) is 0 Å². The normalized spacial score (nSPS) is 11.2. The number of aromatic nitrogens is 2. The molecule has 1 heterocycles. The number of carbonyl (C=O) groups excluding carboxylic acids is 1. The van der Waals surface area contributed by atoms with Crippen LogP contribution in [-0.2, 0) is 13.0 Å². The molecule has 1 N–H and O–H groups in total. The third-order valence-electron chi connectivity index (χ3n) is 4.57. The van der Waals surface area contributed by atoms with E-state index in [4.69, 9.17) is 0 Å². The predicted octanol–water partition coefficient (Wildman–Crippen LogP) is 3.52. The molecule has 0 fully saturated rings. The van der Waals surface area contributed by atoms with Crippen molar-refractivity contribution in [2.45, 2.75) is 39.7 Å². The molecule has 0 aliphatic heterocycles. The number of nitrogens with zero attached hydrogens (tertiary/aromatic N) is 3. The number of amides is 1. The molecule has 3 aromatic rings. The summed E-state index contributed by atoms with van der Waals surface area (Å²) in [5.41, 5.74) is 4.68. The molecule has 3 rings (SSSR count). The van der Waals surface area contributed by atoms with Gasteiger partial charge in [0.15, 0.2) is 5.69 Å². The van der Waals surface area contributed by atoms with E-state index in [1.807, 2.05) is 31.2 Å². The highest BCUT2D eigenvalue weighted by Crippen LogP contribution is 2.13. The summed E-state index contributed by atoms with van der Waals surface area (Å²) >= 11 is 0. The van der Waals surface area contributed by atoms with Crippen molar-refractivity contribution in [3.8, 4) is 0 Å². The van der Waals surface area contributed by atoms with E-state index >= 15 is 0 Å². The first kappa shape index (κ1) is 19.5. The lowest BCUT2D eigenvalue weighted by molar-refractivity contribution is 0.0949. The van der Waals surface area contributed by atoms with E-state index in [0.29, 0.717) is 17.3 Å². The third-order valence-corrected chi connectivity index (χ3v) is 4.57. The number of nitrogens with one attached hydrogen (secondary N) is 1. The average Bonchev–Trinajstić information content (AvgIpc) is 2.74. The molecule has 6 nitrogen and oxygen atoms in total. The predicted molar refractivity (Wildman–Crippen MR) is 112 cm³/mol. The van der Waals surface area contributed by atoms with Gasteiger partial charge in [-0.05, 0) is 30.0 Å². The van der Waals surface area contributed by atoms with Gasteiger partial charge in [0.25, 0.3) is 11.5 Å². The Bertz CT molecular complexity index is 1050. The number of benzene rings is 2. The minimum atomic E-state index is -0.442. The zero-order valence-electron chi connectivity index (χ0n) is 16.2. The highest BCUT2D eigenvalue weighted by molar-refractivity contribution is 6.04. The SMILES string of the molecule is CCCCn1nc(C(=O)N/N=C\c2ccc(CC)cc2)c2ccccc2c1=O. The maximum Gasteiger partial charge on any atom is 0.292 e. The standard InChI is InChI=1S/C22H24N4O2/c1-3-5-14-26-22(28)19-9-7-6-8-18(19)20(25-26)21(27)24-23-15-17-12-10-16(4-2)11-13-17/h6-13,15H,3-5,14H2,1-2H3,(H,24,27)/b23-15-. The summed E-state index contributed by atoms with van der Waals surface area (Å²) in [6.07, 6.45) is 4.31. The van der Waals surface area contributed by atoms with Crippen LogP contribution in [0.1, 0.15) is 48.3 Å². The van der Waals surface area contributed by atoms with Crippen LogP contribution >= 0.6 is 0 Å². The highest BCUT2D eigenvalue weighted by Gasteiger charge is 2.16. The maximum atomic E-state index is 12.7. The van der Waals surface area contributed by atoms with Crippen molar-refractivity contribution in [1.29, 1.82) is 0 Å². The second-order valence-corrected chi connectivity index (χ2v) is 6.57. The lowest BCUT2D eigenvalue weighted by Gasteiger charge is -2.09. The Kier molecular flexibility index (Phi) is 6.32. The molecule has 144 valence electrons. The molecule has 0 saturated heterocycles. The van der Waals surface area contributed by atoms with Crippen LogP contribution in [0.15, 0.2) is 58.4 Å². The van der Waals surface area contributed by atoms with Crippen molar-refractivity contribution in [1.82, 2.24) is 15.2 Å². The van der Waals surface area contributed by atoms with E-state index in [1.54, 1.807) is 30.5 Å². The van der Waals surface area contributed by atoms with E-state index in [-0.39, 0.29) is 11.3 Å². The molecule has 1 amide bonds. The molecule has 0 unspecified atom stereocenters. The number of rotatable bonds is 7. The summed E-state index contributed by atoms with van der Waals surface area (Å²) in [4.78, 5) is 25.3. The van der Waals surface area contributed by atoms with Crippen molar-refractivity contribution in [3.63, 3.8) is 0 Å². The van der Waals surface area contributed by atoms with Crippen molar-refractivity contribution in [2.75, 3.05) is 0 Å². The minimum absolute atomic E-state index is 0.180. The molecule has 0 bridgehead atoms. The number of hydrogen-bond acceptors (Lipinski definition) is 4. The Labute approximate surface area is 163 Å². The van der Waals surface area contributed by atoms with Gasteiger partial charge in [0, 0.05) is 11.9 Å². The van der Waals surface area contributed by atoms with Crippen LogP contribution in [0.3, 0.4) is 0 Å². The molecule has 0 aliphatic rings. The molecular formula is C22H24N4O2. The molecule has 28 heavy (non-hydrogen) atoms. The van der Waals surface area contributed by atoms with Crippen molar-refractivity contribution >= 4 is 22.9 Å². The Morgan fingerprint density at radius 1 is 1.11 bits per heavy atom. The van der Waals surface area contributed by atoms with Gasteiger partial charge in [-0.2, -0.15) is 10.2 Å². The van der Waals surface area contributed by atoms with Gasteiger partial charge in [0.05, 0.1) is 11.6 Å². The summed E-state index contributed by atoms with van der Waals surface area (Å²) in [7, 11) is 0. The first-order chi connectivity index (χ1) is 13.6.